The highest BCUT2D eigenvalue weighted by Gasteiger charge is 2.14. The summed E-state index contributed by atoms with van der Waals surface area (Å²) in [6, 6.07) is 17.0. The van der Waals surface area contributed by atoms with E-state index in [9.17, 15) is 4.79 Å². The van der Waals surface area contributed by atoms with Crippen molar-refractivity contribution in [2.24, 2.45) is 0 Å². The number of carboxylic acids is 1. The Labute approximate surface area is 149 Å². The van der Waals surface area contributed by atoms with E-state index in [1.165, 1.54) is 24.0 Å². The standard InChI is InChI=1S/C21H26N2O2/c24-21(25)10-5-16-3-8-20(9-4-16)23-15-17-1-6-18(7-2-17)19-11-13-22-14-12-19/h1-4,6-9,19,22-23H,5,10-15H2,(H,24,25). The van der Waals surface area contributed by atoms with E-state index in [-0.39, 0.29) is 6.42 Å². The Balaban J connectivity index is 1.50. The molecular weight excluding hydrogens is 312 g/mol. The fourth-order valence-electron chi connectivity index (χ4n) is 3.31. The Morgan fingerprint density at radius 1 is 1.00 bits per heavy atom. The molecule has 0 bridgehead atoms. The van der Waals surface area contributed by atoms with Gasteiger partial charge in [-0.1, -0.05) is 36.4 Å². The summed E-state index contributed by atoms with van der Waals surface area (Å²) in [4.78, 5) is 10.6. The van der Waals surface area contributed by atoms with Gasteiger partial charge in [0.05, 0.1) is 0 Å². The smallest absolute Gasteiger partial charge is 0.303 e. The molecule has 0 unspecified atom stereocenters. The van der Waals surface area contributed by atoms with Crippen LogP contribution in [0.25, 0.3) is 0 Å². The first kappa shape index (κ1) is 17.5. The molecule has 4 heteroatoms. The van der Waals surface area contributed by atoms with Gasteiger partial charge in [0.2, 0.25) is 0 Å². The van der Waals surface area contributed by atoms with Gasteiger partial charge in [-0.2, -0.15) is 0 Å². The van der Waals surface area contributed by atoms with Crippen LogP contribution in [-0.2, 0) is 17.8 Å². The number of piperidine rings is 1. The zero-order valence-corrected chi connectivity index (χ0v) is 14.5. The van der Waals surface area contributed by atoms with Crippen molar-refractivity contribution in [3.05, 3.63) is 65.2 Å². The summed E-state index contributed by atoms with van der Waals surface area (Å²) < 4.78 is 0. The van der Waals surface area contributed by atoms with Gasteiger partial charge < -0.3 is 15.7 Å². The minimum Gasteiger partial charge on any atom is -0.481 e. The number of rotatable bonds is 7. The first-order valence-corrected chi connectivity index (χ1v) is 9.05. The van der Waals surface area contributed by atoms with Crippen LogP contribution in [0.4, 0.5) is 5.69 Å². The van der Waals surface area contributed by atoms with Crippen LogP contribution in [0.3, 0.4) is 0 Å². The Morgan fingerprint density at radius 3 is 2.28 bits per heavy atom. The average molecular weight is 338 g/mol. The van der Waals surface area contributed by atoms with E-state index in [0.717, 1.165) is 30.9 Å². The van der Waals surface area contributed by atoms with E-state index in [0.29, 0.717) is 12.3 Å². The Kier molecular flexibility index (Phi) is 6.07. The number of hydrogen-bond acceptors (Lipinski definition) is 3. The molecule has 1 aliphatic rings. The van der Waals surface area contributed by atoms with Gasteiger partial charge in [-0.25, -0.2) is 0 Å². The fourth-order valence-corrected chi connectivity index (χ4v) is 3.31. The monoisotopic (exact) mass is 338 g/mol. The molecule has 3 rings (SSSR count). The van der Waals surface area contributed by atoms with Crippen LogP contribution in [0.5, 0.6) is 0 Å². The normalized spacial score (nSPS) is 15.0. The molecule has 1 heterocycles. The molecule has 1 saturated heterocycles. The third kappa shape index (κ3) is 5.33. The quantitative estimate of drug-likeness (QED) is 0.719. The first-order chi connectivity index (χ1) is 12.2. The third-order valence-corrected chi connectivity index (χ3v) is 4.87. The van der Waals surface area contributed by atoms with E-state index in [1.54, 1.807) is 0 Å². The molecule has 1 fully saturated rings. The highest BCUT2D eigenvalue weighted by Crippen LogP contribution is 2.25. The van der Waals surface area contributed by atoms with Crippen LogP contribution in [-0.4, -0.2) is 24.2 Å². The highest BCUT2D eigenvalue weighted by atomic mass is 16.4. The number of nitrogens with one attached hydrogen (secondary N) is 2. The molecule has 4 nitrogen and oxygen atoms in total. The maximum atomic E-state index is 10.6. The van der Waals surface area contributed by atoms with Crippen LogP contribution in [0.1, 0.15) is 41.9 Å². The Bertz CT molecular complexity index is 674. The molecule has 3 N–H and O–H groups in total. The van der Waals surface area contributed by atoms with Crippen molar-refractivity contribution in [3.63, 3.8) is 0 Å². The lowest BCUT2D eigenvalue weighted by Gasteiger charge is -2.23. The van der Waals surface area contributed by atoms with Crippen LogP contribution in [0.2, 0.25) is 0 Å². The minimum absolute atomic E-state index is 0.177. The summed E-state index contributed by atoms with van der Waals surface area (Å²) in [5, 5.41) is 15.6. The number of aliphatic carboxylic acids is 1. The lowest BCUT2D eigenvalue weighted by atomic mass is 9.90. The van der Waals surface area contributed by atoms with E-state index in [1.807, 2.05) is 24.3 Å². The van der Waals surface area contributed by atoms with Gasteiger partial charge in [-0.3, -0.25) is 4.79 Å². The minimum atomic E-state index is -0.755. The number of carbonyl (C=O) groups is 1. The van der Waals surface area contributed by atoms with E-state index in [2.05, 4.69) is 34.9 Å². The van der Waals surface area contributed by atoms with Crippen molar-refractivity contribution in [1.82, 2.24) is 5.32 Å². The molecule has 0 aliphatic carbocycles. The number of benzene rings is 2. The van der Waals surface area contributed by atoms with Gasteiger partial charge in [0.1, 0.15) is 0 Å². The zero-order valence-electron chi connectivity index (χ0n) is 14.5. The summed E-state index contributed by atoms with van der Waals surface area (Å²) >= 11 is 0. The summed E-state index contributed by atoms with van der Waals surface area (Å²) in [6.07, 6.45) is 3.21. The summed E-state index contributed by atoms with van der Waals surface area (Å²) in [5.41, 5.74) is 4.83. The molecule has 0 atom stereocenters. The number of aryl methyl sites for hydroxylation is 1. The maximum Gasteiger partial charge on any atom is 0.303 e. The van der Waals surface area contributed by atoms with Crippen molar-refractivity contribution in [2.75, 3.05) is 18.4 Å². The fraction of sp³-hybridized carbons (Fsp3) is 0.381. The molecule has 0 amide bonds. The maximum absolute atomic E-state index is 10.6. The van der Waals surface area contributed by atoms with Crippen LogP contribution in [0.15, 0.2) is 48.5 Å². The van der Waals surface area contributed by atoms with Crippen molar-refractivity contribution in [3.8, 4) is 0 Å². The average Bonchev–Trinajstić information content (AvgIpc) is 2.66. The van der Waals surface area contributed by atoms with Gasteiger partial charge in [0, 0.05) is 18.7 Å². The second-order valence-corrected chi connectivity index (χ2v) is 6.71. The van der Waals surface area contributed by atoms with Crippen molar-refractivity contribution >= 4 is 11.7 Å². The van der Waals surface area contributed by atoms with Gasteiger partial charge in [0.25, 0.3) is 0 Å². The van der Waals surface area contributed by atoms with Gasteiger partial charge in [-0.05, 0) is 67.1 Å². The second-order valence-electron chi connectivity index (χ2n) is 6.71. The Hall–Kier alpha value is -2.33. The largest absolute Gasteiger partial charge is 0.481 e. The van der Waals surface area contributed by atoms with E-state index < -0.39 is 5.97 Å². The molecule has 2 aromatic rings. The van der Waals surface area contributed by atoms with E-state index >= 15 is 0 Å². The number of carboxylic acid groups (broad SMARTS) is 1. The SMILES string of the molecule is O=C(O)CCc1ccc(NCc2ccc(C3CCNCC3)cc2)cc1. The predicted molar refractivity (Wildman–Crippen MR) is 101 cm³/mol. The molecule has 2 aromatic carbocycles. The van der Waals surface area contributed by atoms with Crippen molar-refractivity contribution < 1.29 is 9.90 Å². The highest BCUT2D eigenvalue weighted by molar-refractivity contribution is 5.67. The van der Waals surface area contributed by atoms with Gasteiger partial charge in [0.15, 0.2) is 0 Å². The third-order valence-electron chi connectivity index (χ3n) is 4.87. The molecule has 0 spiro atoms. The molecule has 132 valence electrons. The first-order valence-electron chi connectivity index (χ1n) is 9.05. The van der Waals surface area contributed by atoms with E-state index in [4.69, 9.17) is 5.11 Å². The van der Waals surface area contributed by atoms with Crippen LogP contribution >= 0.6 is 0 Å². The zero-order chi connectivity index (χ0) is 17.5. The van der Waals surface area contributed by atoms with Crippen LogP contribution < -0.4 is 10.6 Å². The number of anilines is 1. The van der Waals surface area contributed by atoms with Crippen molar-refractivity contribution in [2.45, 2.75) is 38.1 Å². The van der Waals surface area contributed by atoms with Crippen LogP contribution in [0, 0.1) is 0 Å². The second kappa shape index (κ2) is 8.67. The molecule has 0 aromatic heterocycles. The molecule has 0 saturated carbocycles. The van der Waals surface area contributed by atoms with Crippen molar-refractivity contribution in [1.29, 1.82) is 0 Å². The lowest BCUT2D eigenvalue weighted by Crippen LogP contribution is -2.26. The number of hydrogen-bond donors (Lipinski definition) is 3. The summed E-state index contributed by atoms with van der Waals surface area (Å²) in [6.45, 7) is 3.04. The molecule has 25 heavy (non-hydrogen) atoms. The summed E-state index contributed by atoms with van der Waals surface area (Å²) in [7, 11) is 0. The Morgan fingerprint density at radius 2 is 1.64 bits per heavy atom. The lowest BCUT2D eigenvalue weighted by molar-refractivity contribution is -0.136. The molecular formula is C21H26N2O2. The topological polar surface area (TPSA) is 61.4 Å². The molecule has 0 radical (unpaired) electrons. The predicted octanol–water partition coefficient (Wildman–Crippen LogP) is 3.78. The molecule has 1 aliphatic heterocycles. The van der Waals surface area contributed by atoms with Gasteiger partial charge >= 0.3 is 5.97 Å². The summed E-state index contributed by atoms with van der Waals surface area (Å²) in [5.74, 6) is -0.0586. The van der Waals surface area contributed by atoms with Gasteiger partial charge in [-0.15, -0.1) is 0 Å².